The van der Waals surface area contributed by atoms with Crippen molar-refractivity contribution in [1.82, 2.24) is 0 Å². The number of hydrogen-bond donors (Lipinski definition) is 2. The molecule has 0 bridgehead atoms. The van der Waals surface area contributed by atoms with Gasteiger partial charge >= 0.3 is 0 Å². The second-order valence-corrected chi connectivity index (χ2v) is 7.37. The van der Waals surface area contributed by atoms with Gasteiger partial charge in [-0.2, -0.15) is 0 Å². The molecule has 1 aromatic rings. The van der Waals surface area contributed by atoms with Crippen molar-refractivity contribution < 1.29 is 9.53 Å². The van der Waals surface area contributed by atoms with E-state index >= 15 is 0 Å². The number of nitrogens with one attached hydrogen (secondary N) is 1. The highest BCUT2D eigenvalue weighted by Crippen LogP contribution is 2.58. The lowest BCUT2D eigenvalue weighted by Crippen LogP contribution is -2.79. The van der Waals surface area contributed by atoms with E-state index in [1.807, 2.05) is 38.1 Å². The van der Waals surface area contributed by atoms with Crippen molar-refractivity contribution in [2.24, 2.45) is 17.1 Å². The van der Waals surface area contributed by atoms with Crippen LogP contribution in [0.25, 0.3) is 0 Å². The Morgan fingerprint density at radius 1 is 1.45 bits per heavy atom. The minimum atomic E-state index is -0.854. The second kappa shape index (κ2) is 4.68. The van der Waals surface area contributed by atoms with Gasteiger partial charge in [0.05, 0.1) is 11.8 Å². The van der Waals surface area contributed by atoms with Crippen LogP contribution >= 0.6 is 22.6 Å². The number of hydrogen-bond acceptors (Lipinski definition) is 3. The first-order valence-electron chi connectivity index (χ1n) is 6.85. The van der Waals surface area contributed by atoms with Gasteiger partial charge in [0.1, 0.15) is 5.54 Å². The van der Waals surface area contributed by atoms with Gasteiger partial charge in [-0.3, -0.25) is 4.79 Å². The van der Waals surface area contributed by atoms with Gasteiger partial charge in [-0.15, -0.1) is 0 Å². The predicted molar refractivity (Wildman–Crippen MR) is 86.3 cm³/mol. The molecule has 1 aliphatic carbocycles. The maximum Gasteiger partial charge on any atom is 0.245 e. The van der Waals surface area contributed by atoms with Crippen molar-refractivity contribution in [2.75, 3.05) is 11.9 Å². The Balaban J connectivity index is 1.85. The first-order chi connectivity index (χ1) is 9.39. The normalized spacial score (nSPS) is 34.2. The zero-order chi connectivity index (χ0) is 14.5. The molecule has 3 rings (SSSR count). The number of carbonyl (C=O) groups excluding carboxylic acids is 1. The second-order valence-electron chi connectivity index (χ2n) is 6.21. The van der Waals surface area contributed by atoms with Crippen LogP contribution in [0.15, 0.2) is 24.3 Å². The van der Waals surface area contributed by atoms with Crippen LogP contribution in [-0.2, 0) is 9.53 Å². The molecule has 108 valence electrons. The molecule has 0 spiro atoms. The molecule has 3 unspecified atom stereocenters. The SMILES string of the molecule is CC1(C)C2OCCC2C1(N)C(=O)Nc1ccccc1I. The van der Waals surface area contributed by atoms with E-state index in [9.17, 15) is 4.79 Å². The number of halogens is 1. The molecule has 2 aliphatic rings. The van der Waals surface area contributed by atoms with Crippen LogP contribution in [0.3, 0.4) is 0 Å². The highest BCUT2D eigenvalue weighted by Gasteiger charge is 2.71. The first-order valence-corrected chi connectivity index (χ1v) is 7.93. The smallest absolute Gasteiger partial charge is 0.245 e. The summed E-state index contributed by atoms with van der Waals surface area (Å²) in [4.78, 5) is 12.7. The van der Waals surface area contributed by atoms with Gasteiger partial charge in [-0.05, 0) is 41.1 Å². The summed E-state index contributed by atoms with van der Waals surface area (Å²) >= 11 is 2.21. The number of para-hydroxylation sites is 1. The minimum absolute atomic E-state index is 0.0987. The van der Waals surface area contributed by atoms with Crippen LogP contribution < -0.4 is 11.1 Å². The largest absolute Gasteiger partial charge is 0.377 e. The van der Waals surface area contributed by atoms with E-state index < -0.39 is 5.54 Å². The average molecular weight is 386 g/mol. The molecular weight excluding hydrogens is 367 g/mol. The van der Waals surface area contributed by atoms with E-state index in [1.165, 1.54) is 0 Å². The number of rotatable bonds is 2. The van der Waals surface area contributed by atoms with Crippen molar-refractivity contribution in [3.8, 4) is 0 Å². The van der Waals surface area contributed by atoms with Gasteiger partial charge in [0.25, 0.3) is 0 Å². The molecule has 1 amide bonds. The Labute approximate surface area is 132 Å². The molecule has 1 saturated carbocycles. The molecular formula is C15H19IN2O2. The topological polar surface area (TPSA) is 64.3 Å². The molecule has 4 nitrogen and oxygen atoms in total. The standard InChI is InChI=1S/C15H19IN2O2/c1-14(2)12-9(7-8-20-12)15(14,17)13(19)18-11-6-4-3-5-10(11)16/h3-6,9,12H,7-8,17H2,1-2H3,(H,18,19). The number of fused-ring (bicyclic) bond motifs is 1. The third-order valence-corrected chi connectivity index (χ3v) is 5.89. The van der Waals surface area contributed by atoms with Gasteiger partial charge in [-0.25, -0.2) is 0 Å². The van der Waals surface area contributed by atoms with E-state index in [0.29, 0.717) is 6.61 Å². The van der Waals surface area contributed by atoms with Crippen LogP contribution in [0.2, 0.25) is 0 Å². The Hall–Kier alpha value is -0.660. The van der Waals surface area contributed by atoms with E-state index in [0.717, 1.165) is 15.7 Å². The Kier molecular flexibility index (Phi) is 3.34. The third-order valence-electron chi connectivity index (χ3n) is 4.95. The Bertz CT molecular complexity index is 561. The van der Waals surface area contributed by atoms with Crippen molar-refractivity contribution in [3.63, 3.8) is 0 Å². The minimum Gasteiger partial charge on any atom is -0.377 e. The lowest BCUT2D eigenvalue weighted by Gasteiger charge is -2.60. The molecule has 2 fully saturated rings. The van der Waals surface area contributed by atoms with E-state index in [2.05, 4.69) is 27.9 Å². The summed E-state index contributed by atoms with van der Waals surface area (Å²) in [5.74, 6) is 0.0252. The first kappa shape index (κ1) is 14.3. The number of carbonyl (C=O) groups is 1. The van der Waals surface area contributed by atoms with Crippen LogP contribution in [0.4, 0.5) is 5.69 Å². The highest BCUT2D eigenvalue weighted by atomic mass is 127. The van der Waals surface area contributed by atoms with Crippen molar-refractivity contribution in [1.29, 1.82) is 0 Å². The number of anilines is 1. The van der Waals surface area contributed by atoms with Gasteiger partial charge in [0.2, 0.25) is 5.91 Å². The van der Waals surface area contributed by atoms with Crippen molar-refractivity contribution in [3.05, 3.63) is 27.8 Å². The summed E-state index contributed by atoms with van der Waals surface area (Å²) in [7, 11) is 0. The van der Waals surface area contributed by atoms with Gasteiger partial charge in [0.15, 0.2) is 0 Å². The molecule has 20 heavy (non-hydrogen) atoms. The maximum atomic E-state index is 12.7. The van der Waals surface area contributed by atoms with Gasteiger partial charge in [0, 0.05) is 21.5 Å². The van der Waals surface area contributed by atoms with E-state index in [-0.39, 0.29) is 23.3 Å². The highest BCUT2D eigenvalue weighted by molar-refractivity contribution is 14.1. The molecule has 1 saturated heterocycles. The molecule has 0 aromatic heterocycles. The number of ether oxygens (including phenoxy) is 1. The van der Waals surface area contributed by atoms with Crippen LogP contribution in [0.5, 0.6) is 0 Å². The lowest BCUT2D eigenvalue weighted by molar-refractivity contribution is -0.170. The molecule has 1 heterocycles. The Morgan fingerprint density at radius 3 is 2.85 bits per heavy atom. The molecule has 3 N–H and O–H groups in total. The fraction of sp³-hybridized carbons (Fsp3) is 0.533. The molecule has 5 heteroatoms. The van der Waals surface area contributed by atoms with Crippen molar-refractivity contribution in [2.45, 2.75) is 31.9 Å². The summed E-state index contributed by atoms with van der Waals surface area (Å²) in [5.41, 5.74) is 6.14. The number of amides is 1. The quantitative estimate of drug-likeness (QED) is 0.768. The summed E-state index contributed by atoms with van der Waals surface area (Å²) in [5, 5.41) is 2.99. The molecule has 3 atom stereocenters. The van der Waals surface area contributed by atoms with Crippen LogP contribution in [0.1, 0.15) is 20.3 Å². The number of benzene rings is 1. The third kappa shape index (κ3) is 1.76. The van der Waals surface area contributed by atoms with E-state index in [1.54, 1.807) is 0 Å². The zero-order valence-corrected chi connectivity index (χ0v) is 13.8. The van der Waals surface area contributed by atoms with E-state index in [4.69, 9.17) is 10.5 Å². The monoisotopic (exact) mass is 386 g/mol. The van der Waals surface area contributed by atoms with Gasteiger partial charge in [-0.1, -0.05) is 26.0 Å². The molecule has 1 aromatic carbocycles. The van der Waals surface area contributed by atoms with Crippen molar-refractivity contribution >= 4 is 34.2 Å². The predicted octanol–water partition coefficient (Wildman–Crippen LogP) is 2.37. The fourth-order valence-electron chi connectivity index (χ4n) is 3.63. The average Bonchev–Trinajstić information content (AvgIpc) is 2.88. The summed E-state index contributed by atoms with van der Waals surface area (Å²) in [6.45, 7) is 4.75. The fourth-order valence-corrected chi connectivity index (χ4v) is 4.16. The lowest BCUT2D eigenvalue weighted by atomic mass is 9.48. The zero-order valence-electron chi connectivity index (χ0n) is 11.7. The molecule has 1 aliphatic heterocycles. The summed E-state index contributed by atoms with van der Waals surface area (Å²) in [6.07, 6.45) is 0.970. The van der Waals surface area contributed by atoms with Crippen LogP contribution in [-0.4, -0.2) is 24.2 Å². The summed E-state index contributed by atoms with van der Waals surface area (Å²) < 4.78 is 6.74. The maximum absolute atomic E-state index is 12.7. The Morgan fingerprint density at radius 2 is 2.15 bits per heavy atom. The van der Waals surface area contributed by atoms with Gasteiger partial charge < -0.3 is 15.8 Å². The molecule has 0 radical (unpaired) electrons. The van der Waals surface area contributed by atoms with Crippen LogP contribution in [0, 0.1) is 14.9 Å². The number of nitrogens with two attached hydrogens (primary N) is 1. The summed E-state index contributed by atoms with van der Waals surface area (Å²) in [6, 6.07) is 7.72.